The van der Waals surface area contributed by atoms with Gasteiger partial charge in [-0.3, -0.25) is 90.1 Å². The van der Waals surface area contributed by atoms with Gasteiger partial charge in [-0.05, 0) is 89.6 Å². The summed E-state index contributed by atoms with van der Waals surface area (Å²) in [5.74, 6) is -1.39. The summed E-state index contributed by atoms with van der Waals surface area (Å²) in [7, 11) is 9.68. The summed E-state index contributed by atoms with van der Waals surface area (Å²) in [6.45, 7) is 2.62. The van der Waals surface area contributed by atoms with Gasteiger partial charge < -0.3 is 102 Å². The van der Waals surface area contributed by atoms with Crippen LogP contribution in [0.25, 0.3) is 0 Å². The second kappa shape index (κ2) is 60.4. The van der Waals surface area contributed by atoms with Gasteiger partial charge in [0.2, 0.25) is 62.4 Å². The van der Waals surface area contributed by atoms with Crippen molar-refractivity contribution in [1.29, 1.82) is 0 Å². The number of hydrogen-bond acceptors (Lipinski definition) is 21. The van der Waals surface area contributed by atoms with Gasteiger partial charge in [-0.15, -0.1) is 22.7 Å². The second-order valence-corrected chi connectivity index (χ2v) is 26.3. The molecule has 9 aromatic heterocycles. The van der Waals surface area contributed by atoms with Crippen LogP contribution in [0, 0.1) is 0 Å². The standard InChI is InChI=1S/C15H13Cl2N3O2.C15H15N3O2.C13H13N3O3.2C13H13N3O2S.C10H13N3O2.5BrH.ClH/c1-18-19-15(22)10-3-2-6-20(8-10)9-14(21)12-5-4-11(16)7-13(12)17;1-16-17-15(20)13-8-5-9-18(10-13)11-14(19)12-6-3-2-4-7-12;3*1-14-15-13(18)10-4-2-6-16(8-10)9-11(17)12-5-3-7-19-12;1-8(14)6-13-5-3-4-9(7-13)10(15)12-11-2;;;;;;/h2-8,18H,9H2,1H3;2-10,16H,11H2,1H3;3*2-8,14H,9H2,1H3;3-5,7,11H,6H2,1-2H3;6*1H. The molecule has 0 atom stereocenters. The van der Waals surface area contributed by atoms with Crippen molar-refractivity contribution < 1.29 is 187 Å². The SMILES string of the molecule is CNNC(=O)c1ccc[n+](CC(=O)c2ccc(Cl)cc2Cl)c1.CNNC(=O)c1ccc[n+](CC(=O)c2ccccc2)c1.CNNC(=O)c1ccc[n+](CC(=O)c2ccco2)c1.CNNC(=O)c1ccc[n+](CC(=O)c2cccs2)c1.CNNC(=O)c1ccc[n+](CC(=O)c2cccs2)c1.CNNC(=O)c1ccc[n+](CC(C)=O)c1.[Br-].[Br-].[Br-].[Br-].[Br-].[Cl-]. The average Bonchev–Trinajstić information content (AvgIpc) is 0.984. The third-order valence-electron chi connectivity index (χ3n) is 14.9. The molecule has 0 aliphatic carbocycles. The third-order valence-corrected chi connectivity index (χ3v) is 17.3. The molecular formula is C79H86Br5Cl3N18O13S2. The number of pyridine rings is 6. The van der Waals surface area contributed by atoms with Crippen molar-refractivity contribution in [3.8, 4) is 0 Å². The van der Waals surface area contributed by atoms with E-state index in [2.05, 4.69) is 65.1 Å². The summed E-state index contributed by atoms with van der Waals surface area (Å²) in [6.07, 6.45) is 21.7. The first-order valence-electron chi connectivity index (χ1n) is 34.5. The number of carbonyl (C=O) groups is 12. The number of carbonyl (C=O) groups excluding carboxylic acids is 12. The van der Waals surface area contributed by atoms with Crippen LogP contribution in [0.4, 0.5) is 0 Å². The van der Waals surface area contributed by atoms with Crippen LogP contribution in [0.15, 0.2) is 254 Å². The lowest BCUT2D eigenvalue weighted by atomic mass is 10.1. The number of ketones is 6. The minimum absolute atomic E-state index is 0. The zero-order valence-corrected chi connectivity index (χ0v) is 77.1. The molecular weight excluding hydrogens is 1980 g/mol. The number of nitrogens with one attached hydrogen (secondary N) is 12. The maximum Gasteiger partial charge on any atom is 0.271 e. The van der Waals surface area contributed by atoms with Crippen molar-refractivity contribution in [3.05, 3.63) is 319 Å². The molecule has 31 nitrogen and oxygen atoms in total. The number of aromatic nitrogens is 6. The Morgan fingerprint density at radius 2 is 0.617 bits per heavy atom. The Bertz CT molecular complexity index is 4850. The molecule has 0 radical (unpaired) electrons. The number of furan rings is 1. The molecule has 0 saturated carbocycles. The summed E-state index contributed by atoms with van der Waals surface area (Å²) in [5, 5.41) is 4.52. The summed E-state index contributed by atoms with van der Waals surface area (Å²) < 4.78 is 15.1. The lowest BCUT2D eigenvalue weighted by Crippen LogP contribution is -3.00. The molecule has 11 rings (SSSR count). The van der Waals surface area contributed by atoms with Crippen LogP contribution in [0.5, 0.6) is 0 Å². The Balaban J connectivity index is 0.00000141. The van der Waals surface area contributed by atoms with Gasteiger partial charge in [0.05, 0.1) is 21.0 Å². The first-order chi connectivity index (χ1) is 54.9. The van der Waals surface area contributed by atoms with E-state index in [4.69, 9.17) is 27.6 Å². The van der Waals surface area contributed by atoms with Crippen LogP contribution < -0.4 is 190 Å². The van der Waals surface area contributed by atoms with Gasteiger partial charge in [0.1, 0.15) is 33.4 Å². The molecule has 0 aliphatic heterocycles. The monoisotopic (exact) mass is 2060 g/mol. The molecule has 0 bridgehead atoms. The summed E-state index contributed by atoms with van der Waals surface area (Å²) in [6, 6.07) is 44.8. The van der Waals surface area contributed by atoms with Crippen LogP contribution in [0.1, 0.15) is 120 Å². The number of hydrogen-bond donors (Lipinski definition) is 12. The Morgan fingerprint density at radius 3 is 0.892 bits per heavy atom. The number of rotatable bonds is 29. The van der Waals surface area contributed by atoms with E-state index in [0.717, 1.165) is 9.75 Å². The van der Waals surface area contributed by atoms with E-state index in [9.17, 15) is 57.5 Å². The molecule has 0 spiro atoms. The maximum atomic E-state index is 12.3. The summed E-state index contributed by atoms with van der Waals surface area (Å²) in [5.41, 5.74) is 34.2. The Kier molecular flexibility index (Phi) is 55.3. The quantitative estimate of drug-likeness (QED) is 0.0118. The number of halogens is 8. The molecule has 0 saturated heterocycles. The van der Waals surface area contributed by atoms with Gasteiger partial charge in [-0.2, -0.15) is 27.4 Å². The van der Waals surface area contributed by atoms with E-state index >= 15 is 0 Å². The second-order valence-electron chi connectivity index (χ2n) is 23.6. The molecule has 0 unspecified atom stereocenters. The number of amides is 6. The topological polar surface area (TPSA) is 386 Å². The lowest BCUT2D eigenvalue weighted by molar-refractivity contribution is -0.684. The molecule has 9 heterocycles. The molecule has 11 aromatic rings. The molecule has 2 aromatic carbocycles. The number of thiophene rings is 2. The Hall–Kier alpha value is -10.1. The fourth-order valence-corrected chi connectivity index (χ4v) is 11.6. The van der Waals surface area contributed by atoms with E-state index in [1.54, 1.807) is 265 Å². The molecule has 41 heteroatoms. The van der Waals surface area contributed by atoms with Crippen LogP contribution in [0.3, 0.4) is 0 Å². The first kappa shape index (κ1) is 110. The van der Waals surface area contributed by atoms with Gasteiger partial charge >= 0.3 is 0 Å². The zero-order valence-electron chi connectivity index (χ0n) is 65.2. The fourth-order valence-electron chi connectivity index (χ4n) is 9.79. The van der Waals surface area contributed by atoms with Crippen molar-refractivity contribution in [2.45, 2.75) is 46.2 Å². The highest BCUT2D eigenvalue weighted by molar-refractivity contribution is 7.12. The summed E-state index contributed by atoms with van der Waals surface area (Å²) >= 11 is 14.7. The number of Topliss-reactive ketones (excluding diaryl/α,β-unsaturated/α-hetero) is 6. The van der Waals surface area contributed by atoms with Gasteiger partial charge in [0.25, 0.3) is 41.2 Å². The van der Waals surface area contributed by atoms with Crippen molar-refractivity contribution >= 4 is 116 Å². The Morgan fingerprint density at radius 1 is 0.325 bits per heavy atom. The largest absolute Gasteiger partial charge is 1.00 e. The first-order valence-corrected chi connectivity index (χ1v) is 37.0. The van der Waals surface area contributed by atoms with E-state index < -0.39 is 0 Å². The predicted molar refractivity (Wildman–Crippen MR) is 422 cm³/mol. The third kappa shape index (κ3) is 39.0. The van der Waals surface area contributed by atoms with Crippen LogP contribution >= 0.6 is 45.9 Å². The van der Waals surface area contributed by atoms with E-state index in [1.807, 2.05) is 41.1 Å². The summed E-state index contributed by atoms with van der Waals surface area (Å²) in [4.78, 5) is 142. The van der Waals surface area contributed by atoms with Gasteiger partial charge in [0.15, 0.2) is 85.9 Å². The minimum Gasteiger partial charge on any atom is -1.00 e. The molecule has 0 aliphatic rings. The van der Waals surface area contributed by atoms with Crippen molar-refractivity contribution in [1.82, 2.24) is 65.1 Å². The molecule has 12 N–H and O–H groups in total. The average molecular weight is 2070 g/mol. The maximum absolute atomic E-state index is 12.3. The lowest BCUT2D eigenvalue weighted by Gasteiger charge is -2.04. The molecule has 6 amide bonds. The normalized spacial score (nSPS) is 9.61. The van der Waals surface area contributed by atoms with Crippen molar-refractivity contribution in [3.63, 3.8) is 0 Å². The van der Waals surface area contributed by atoms with Crippen molar-refractivity contribution in [2.75, 3.05) is 42.3 Å². The smallest absolute Gasteiger partial charge is 0.271 e. The predicted octanol–water partition coefficient (Wildman–Crippen LogP) is -13.9. The van der Waals surface area contributed by atoms with E-state index in [-0.39, 0.29) is 207 Å². The van der Waals surface area contributed by atoms with Crippen LogP contribution in [-0.4, -0.2) is 112 Å². The molecule has 638 valence electrons. The van der Waals surface area contributed by atoms with Crippen LogP contribution in [0.2, 0.25) is 10.0 Å². The fraction of sp³-hybridized carbons (Fsp3) is 0.165. The molecule has 0 fully saturated rings. The highest BCUT2D eigenvalue weighted by atomic mass is 79.9. The highest BCUT2D eigenvalue weighted by Crippen LogP contribution is 2.22. The van der Waals surface area contributed by atoms with E-state index in [1.165, 1.54) is 41.9 Å². The van der Waals surface area contributed by atoms with Gasteiger partial charge in [0, 0.05) is 102 Å². The highest BCUT2D eigenvalue weighted by Gasteiger charge is 2.22. The van der Waals surface area contributed by atoms with Crippen molar-refractivity contribution in [2.24, 2.45) is 0 Å². The van der Waals surface area contributed by atoms with E-state index in [0.29, 0.717) is 60.3 Å². The van der Waals surface area contributed by atoms with Crippen LogP contribution in [-0.2, 0) is 44.1 Å². The minimum atomic E-state index is -0.283. The number of hydrazine groups is 6. The molecule has 120 heavy (non-hydrogen) atoms. The van der Waals surface area contributed by atoms with Gasteiger partial charge in [-0.25, -0.2) is 32.6 Å². The number of nitrogens with zero attached hydrogens (tertiary/aromatic N) is 6. The Labute approximate surface area is 768 Å². The van der Waals surface area contributed by atoms with Gasteiger partial charge in [-0.1, -0.05) is 65.7 Å². The zero-order chi connectivity index (χ0) is 82.7. The number of benzene rings is 2.